The summed E-state index contributed by atoms with van der Waals surface area (Å²) >= 11 is 1.47. The minimum Gasteiger partial charge on any atom is -0.475 e. The van der Waals surface area contributed by atoms with Gasteiger partial charge in [-0.1, -0.05) is 0 Å². The van der Waals surface area contributed by atoms with Crippen molar-refractivity contribution in [3.8, 4) is 5.75 Å². The Balaban J connectivity index is 2.69. The number of rotatable bonds is 1. The van der Waals surface area contributed by atoms with E-state index in [2.05, 4.69) is 5.11 Å². The summed E-state index contributed by atoms with van der Waals surface area (Å²) in [5.41, 5.74) is 7.40. The van der Waals surface area contributed by atoms with Crippen LogP contribution in [-0.4, -0.2) is 13.2 Å². The van der Waals surface area contributed by atoms with Crippen LogP contribution in [0.25, 0.3) is 6.20 Å². The lowest BCUT2D eigenvalue weighted by Gasteiger charge is -1.96. The maximum Gasteiger partial charge on any atom is 0.404 e. The summed E-state index contributed by atoms with van der Waals surface area (Å²) in [7, 11) is 0. The Kier molecular flexibility index (Phi) is 1.87. The third kappa shape index (κ3) is 1.12. The number of hydrogen-bond donors (Lipinski definition) is 1. The van der Waals surface area contributed by atoms with Crippen LogP contribution >= 0.6 is 11.3 Å². The monoisotopic (exact) mass is 183 g/mol. The molecule has 0 atom stereocenters. The Hall–Kier alpha value is -1.23. The first-order chi connectivity index (χ1) is 5.92. The molecule has 2 heterocycles. The summed E-state index contributed by atoms with van der Waals surface area (Å²) < 4.78 is 11.5. The zero-order chi connectivity index (χ0) is 8.39. The molecule has 0 radical (unpaired) electrons. The van der Waals surface area contributed by atoms with E-state index in [-0.39, 0.29) is 0 Å². The predicted octanol–water partition coefficient (Wildman–Crippen LogP) is 0.524. The van der Waals surface area contributed by atoms with Gasteiger partial charge in [0.05, 0.1) is 6.20 Å². The van der Waals surface area contributed by atoms with E-state index in [0.717, 1.165) is 15.7 Å². The molecule has 0 fully saturated rings. The molecule has 1 N–H and O–H groups in total. The van der Waals surface area contributed by atoms with Gasteiger partial charge >= 0.3 is 5.43 Å². The van der Waals surface area contributed by atoms with Gasteiger partial charge in [-0.3, -0.25) is 0 Å². The Morgan fingerprint density at radius 2 is 2.67 bits per heavy atom. The largest absolute Gasteiger partial charge is 0.475 e. The van der Waals surface area contributed by atoms with E-state index < -0.39 is 0 Å². The third-order valence-electron chi connectivity index (χ3n) is 1.51. The van der Waals surface area contributed by atoms with Gasteiger partial charge < -0.3 is 4.74 Å². The van der Waals surface area contributed by atoms with Gasteiger partial charge in [-0.05, 0) is 0 Å². The first kappa shape index (κ1) is 7.42. The zero-order valence-corrected chi connectivity index (χ0v) is 7.06. The third-order valence-corrected chi connectivity index (χ3v) is 2.39. The molecule has 0 bridgehead atoms. The summed E-state index contributed by atoms with van der Waals surface area (Å²) in [6, 6.07) is 0. The maximum absolute atomic E-state index is 6.68. The van der Waals surface area contributed by atoms with Gasteiger partial charge in [-0.25, -0.2) is 9.96 Å². The fourth-order valence-electron chi connectivity index (χ4n) is 1.03. The summed E-state index contributed by atoms with van der Waals surface area (Å²) in [5, 5.41) is 5.05. The lowest BCUT2D eigenvalue weighted by atomic mass is 10.5. The molecule has 0 spiro atoms. The van der Waals surface area contributed by atoms with Crippen LogP contribution in [0.3, 0.4) is 0 Å². The van der Waals surface area contributed by atoms with Crippen molar-refractivity contribution in [1.82, 2.24) is 0 Å². The molecule has 2 rings (SSSR count). The second-order valence-electron chi connectivity index (χ2n) is 2.25. The van der Waals surface area contributed by atoms with Crippen LogP contribution in [0.5, 0.6) is 5.75 Å². The van der Waals surface area contributed by atoms with Crippen LogP contribution in [0.1, 0.15) is 0 Å². The molecular weight excluding hydrogens is 176 g/mol. The van der Waals surface area contributed by atoms with Gasteiger partial charge in [-0.2, -0.15) is 5.11 Å². The van der Waals surface area contributed by atoms with Crippen molar-refractivity contribution in [2.24, 2.45) is 5.11 Å². The van der Waals surface area contributed by atoms with E-state index in [9.17, 15) is 0 Å². The summed E-state index contributed by atoms with van der Waals surface area (Å²) in [4.78, 5) is 0. The normalized spacial score (nSPS) is 16.2. The lowest BCUT2D eigenvalue weighted by Crippen LogP contribution is -2.26. The Labute approximate surface area is 72.3 Å². The van der Waals surface area contributed by atoms with Crippen molar-refractivity contribution in [3.05, 3.63) is 19.8 Å². The molecule has 1 aromatic heterocycles. The molecule has 0 saturated heterocycles. The molecule has 4 nitrogen and oxygen atoms in total. The van der Waals surface area contributed by atoms with Crippen LogP contribution in [0.2, 0.25) is 0 Å². The van der Waals surface area contributed by atoms with E-state index in [1.165, 1.54) is 17.5 Å². The molecule has 1 aromatic rings. The van der Waals surface area contributed by atoms with Crippen molar-refractivity contribution in [2.75, 3.05) is 13.2 Å². The molecule has 0 saturated carbocycles. The molecule has 1 aliphatic heterocycles. The predicted molar refractivity (Wildman–Crippen MR) is 45.8 cm³/mol. The molecular formula is C7H7N2O2S+. The first-order valence-electron chi connectivity index (χ1n) is 3.48. The van der Waals surface area contributed by atoms with E-state index in [0.29, 0.717) is 13.2 Å². The highest BCUT2D eigenvalue weighted by atomic mass is 32.1. The topological polar surface area (TPSA) is 56.7 Å². The Morgan fingerprint density at radius 1 is 1.75 bits per heavy atom. The summed E-state index contributed by atoms with van der Waals surface area (Å²) in [6.45, 7) is 1.17. The highest BCUT2D eigenvalue weighted by Crippen LogP contribution is 2.06. The van der Waals surface area contributed by atoms with Crippen LogP contribution in [-0.2, 0) is 0 Å². The highest BCUT2D eigenvalue weighted by molar-refractivity contribution is 7.08. The number of hydrogen-bond acceptors (Lipinski definition) is 4. The van der Waals surface area contributed by atoms with Gasteiger partial charge in [0.25, 0.3) is 6.61 Å². The SMILES string of the molecule is N=NC=c1scc2c1=[O+]CCO2. The van der Waals surface area contributed by atoms with Gasteiger partial charge in [0.1, 0.15) is 0 Å². The van der Waals surface area contributed by atoms with Crippen LogP contribution in [0.15, 0.2) is 14.9 Å². The lowest BCUT2D eigenvalue weighted by molar-refractivity contribution is 0.323. The summed E-state index contributed by atoms with van der Waals surface area (Å²) in [5.74, 6) is 0.765. The number of nitrogens with zero attached hydrogens (tertiary/aromatic N) is 1. The minimum absolute atomic E-state index is 0.572. The maximum atomic E-state index is 6.68. The first-order valence-corrected chi connectivity index (χ1v) is 4.36. The zero-order valence-electron chi connectivity index (χ0n) is 6.24. The van der Waals surface area contributed by atoms with Gasteiger partial charge in [0.15, 0.2) is 11.1 Å². The van der Waals surface area contributed by atoms with Gasteiger partial charge in [0.2, 0.25) is 5.75 Å². The van der Waals surface area contributed by atoms with E-state index >= 15 is 0 Å². The van der Waals surface area contributed by atoms with Crippen LogP contribution in [0, 0.1) is 5.53 Å². The molecule has 5 heteroatoms. The molecule has 0 aromatic carbocycles. The standard InChI is InChI=1S/C7H7N2O2S/c8-9-3-6-7-5(4-12-6)10-1-2-11-7/h3-4,8H,1-2H2/q+1. The molecule has 0 aliphatic carbocycles. The molecule has 0 amide bonds. The average molecular weight is 183 g/mol. The smallest absolute Gasteiger partial charge is 0.404 e. The summed E-state index contributed by atoms with van der Waals surface area (Å²) in [6.07, 6.45) is 1.46. The van der Waals surface area contributed by atoms with Crippen molar-refractivity contribution < 1.29 is 4.74 Å². The van der Waals surface area contributed by atoms with E-state index in [4.69, 9.17) is 14.7 Å². The fraction of sp³-hybridized carbons (Fsp3) is 0.286. The van der Waals surface area contributed by atoms with Crippen LogP contribution < -0.4 is 14.7 Å². The average Bonchev–Trinajstić information content (AvgIpc) is 2.50. The number of thiophene rings is 1. The van der Waals surface area contributed by atoms with Crippen molar-refractivity contribution in [3.63, 3.8) is 0 Å². The number of fused-ring (bicyclic) bond motifs is 1. The second-order valence-corrected chi connectivity index (χ2v) is 3.16. The minimum atomic E-state index is 0.572. The number of nitrogens with one attached hydrogen (secondary N) is 1. The Morgan fingerprint density at radius 3 is 3.50 bits per heavy atom. The number of ether oxygens (including phenoxy) is 1. The van der Waals surface area contributed by atoms with Crippen molar-refractivity contribution in [1.29, 1.82) is 5.53 Å². The van der Waals surface area contributed by atoms with Gasteiger partial charge in [0, 0.05) is 5.38 Å². The molecule has 62 valence electrons. The van der Waals surface area contributed by atoms with E-state index in [1.807, 2.05) is 5.38 Å². The van der Waals surface area contributed by atoms with Gasteiger partial charge in [-0.15, -0.1) is 11.3 Å². The van der Waals surface area contributed by atoms with Crippen LogP contribution in [0.4, 0.5) is 0 Å². The molecule has 1 aliphatic rings. The fourth-order valence-corrected chi connectivity index (χ4v) is 1.82. The Bertz CT molecular complexity index is 410. The molecule has 0 unspecified atom stereocenters. The quantitative estimate of drug-likeness (QED) is 0.501. The molecule has 12 heavy (non-hydrogen) atoms. The second kappa shape index (κ2) is 3.02. The van der Waals surface area contributed by atoms with Crippen molar-refractivity contribution in [2.45, 2.75) is 0 Å². The highest BCUT2D eigenvalue weighted by Gasteiger charge is 2.17. The van der Waals surface area contributed by atoms with Crippen molar-refractivity contribution >= 4 is 17.5 Å². The van der Waals surface area contributed by atoms with E-state index in [1.54, 1.807) is 0 Å².